The summed E-state index contributed by atoms with van der Waals surface area (Å²) in [5.41, 5.74) is 0. The van der Waals surface area contributed by atoms with Crippen LogP contribution in [0.25, 0.3) is 0 Å². The first-order valence-electron chi connectivity index (χ1n) is 4.69. The van der Waals surface area contributed by atoms with Crippen LogP contribution in [0.4, 0.5) is 0 Å². The molecule has 0 radical (unpaired) electrons. The Morgan fingerprint density at radius 3 is 2.93 bits per heavy atom. The van der Waals surface area contributed by atoms with Crippen LogP contribution < -0.4 is 5.32 Å². The van der Waals surface area contributed by atoms with E-state index in [4.69, 9.17) is 4.74 Å². The molecule has 1 unspecified atom stereocenters. The minimum Gasteiger partial charge on any atom is -0.383 e. The highest BCUT2D eigenvalue weighted by atomic mass is 16.5. The van der Waals surface area contributed by atoms with Crippen LogP contribution in [0.1, 0.15) is 12.8 Å². The predicted octanol–water partition coefficient (Wildman–Crippen LogP) is -0.630. The van der Waals surface area contributed by atoms with Crippen LogP contribution in [0.2, 0.25) is 0 Å². The van der Waals surface area contributed by atoms with Crippen LogP contribution in [0.3, 0.4) is 0 Å². The SMILES string of the molecule is COCCNC(=O)C1CCC(=O)N1C. The van der Waals surface area contributed by atoms with Crippen molar-refractivity contribution in [2.75, 3.05) is 27.3 Å². The van der Waals surface area contributed by atoms with Gasteiger partial charge in [0.15, 0.2) is 0 Å². The lowest BCUT2D eigenvalue weighted by atomic mass is 10.2. The first-order valence-corrected chi connectivity index (χ1v) is 4.69. The predicted molar refractivity (Wildman–Crippen MR) is 50.7 cm³/mol. The molecule has 1 atom stereocenters. The van der Waals surface area contributed by atoms with Gasteiger partial charge in [-0.3, -0.25) is 9.59 Å². The number of nitrogens with one attached hydrogen (secondary N) is 1. The van der Waals surface area contributed by atoms with Gasteiger partial charge < -0.3 is 15.0 Å². The van der Waals surface area contributed by atoms with Gasteiger partial charge in [-0.15, -0.1) is 0 Å². The second kappa shape index (κ2) is 4.95. The lowest BCUT2D eigenvalue weighted by Crippen LogP contribution is -2.43. The number of nitrogens with zero attached hydrogens (tertiary/aromatic N) is 1. The standard InChI is InChI=1S/C9H16N2O3/c1-11-7(3-4-8(11)12)9(13)10-5-6-14-2/h7H,3-6H2,1-2H3,(H,10,13). The molecule has 0 aromatic rings. The van der Waals surface area contributed by atoms with Crippen LogP contribution in [-0.2, 0) is 14.3 Å². The van der Waals surface area contributed by atoms with Crippen molar-refractivity contribution in [1.29, 1.82) is 0 Å². The van der Waals surface area contributed by atoms with Gasteiger partial charge in [-0.1, -0.05) is 0 Å². The Morgan fingerprint density at radius 2 is 2.43 bits per heavy atom. The average molecular weight is 200 g/mol. The third kappa shape index (κ3) is 2.45. The van der Waals surface area contributed by atoms with E-state index in [0.29, 0.717) is 26.0 Å². The highest BCUT2D eigenvalue weighted by Crippen LogP contribution is 2.15. The van der Waals surface area contributed by atoms with Gasteiger partial charge in [0.1, 0.15) is 6.04 Å². The van der Waals surface area contributed by atoms with Gasteiger partial charge in [0.2, 0.25) is 11.8 Å². The molecule has 14 heavy (non-hydrogen) atoms. The molecule has 0 saturated carbocycles. The maximum absolute atomic E-state index is 11.5. The number of likely N-dealkylation sites (N-methyl/N-ethyl adjacent to an activating group) is 1. The number of amides is 2. The smallest absolute Gasteiger partial charge is 0.242 e. The normalized spacial score (nSPS) is 21.4. The van der Waals surface area contributed by atoms with Crippen molar-refractivity contribution in [3.63, 3.8) is 0 Å². The molecular weight excluding hydrogens is 184 g/mol. The number of ether oxygens (including phenoxy) is 1. The summed E-state index contributed by atoms with van der Waals surface area (Å²) < 4.78 is 4.81. The minimum absolute atomic E-state index is 0.0388. The summed E-state index contributed by atoms with van der Waals surface area (Å²) in [5, 5.41) is 2.72. The molecule has 0 aromatic heterocycles. The highest BCUT2D eigenvalue weighted by Gasteiger charge is 2.32. The summed E-state index contributed by atoms with van der Waals surface area (Å²) in [6, 6.07) is -0.292. The Morgan fingerprint density at radius 1 is 1.71 bits per heavy atom. The molecule has 0 spiro atoms. The second-order valence-corrected chi connectivity index (χ2v) is 3.34. The van der Waals surface area contributed by atoms with Gasteiger partial charge in [-0.2, -0.15) is 0 Å². The van der Waals surface area contributed by atoms with E-state index in [1.807, 2.05) is 0 Å². The molecule has 1 fully saturated rings. The van der Waals surface area contributed by atoms with E-state index < -0.39 is 0 Å². The van der Waals surface area contributed by atoms with Gasteiger partial charge in [0.05, 0.1) is 6.61 Å². The lowest BCUT2D eigenvalue weighted by Gasteiger charge is -2.18. The van der Waals surface area contributed by atoms with Gasteiger partial charge >= 0.3 is 0 Å². The number of likely N-dealkylation sites (tertiary alicyclic amines) is 1. The van der Waals surface area contributed by atoms with Gasteiger partial charge in [-0.05, 0) is 6.42 Å². The molecule has 80 valence electrons. The topological polar surface area (TPSA) is 58.6 Å². The van der Waals surface area contributed by atoms with Crippen molar-refractivity contribution >= 4 is 11.8 Å². The molecule has 0 aromatic carbocycles. The summed E-state index contributed by atoms with van der Waals surface area (Å²) in [6.07, 6.45) is 1.09. The quantitative estimate of drug-likeness (QED) is 0.615. The molecule has 5 nitrogen and oxygen atoms in total. The van der Waals surface area contributed by atoms with E-state index in [9.17, 15) is 9.59 Å². The van der Waals surface area contributed by atoms with E-state index in [2.05, 4.69) is 5.32 Å². The van der Waals surface area contributed by atoms with E-state index in [1.165, 1.54) is 4.90 Å². The Kier molecular flexibility index (Phi) is 3.88. The van der Waals surface area contributed by atoms with Gasteiger partial charge in [0.25, 0.3) is 0 Å². The zero-order valence-corrected chi connectivity index (χ0v) is 8.58. The van der Waals surface area contributed by atoms with Crippen LogP contribution in [0.5, 0.6) is 0 Å². The molecule has 5 heteroatoms. The number of methoxy groups -OCH3 is 1. The minimum atomic E-state index is -0.292. The number of hydrogen-bond donors (Lipinski definition) is 1. The van der Waals surface area contributed by atoms with Crippen LogP contribution in [0.15, 0.2) is 0 Å². The molecule has 1 heterocycles. The van der Waals surface area contributed by atoms with E-state index in [0.717, 1.165) is 0 Å². The van der Waals surface area contributed by atoms with Gasteiger partial charge in [0, 0.05) is 27.1 Å². The number of rotatable bonds is 4. The first kappa shape index (κ1) is 11.0. The fourth-order valence-electron chi connectivity index (χ4n) is 1.51. The average Bonchev–Trinajstić information content (AvgIpc) is 2.48. The van der Waals surface area contributed by atoms with Crippen molar-refractivity contribution in [1.82, 2.24) is 10.2 Å². The Balaban J connectivity index is 2.34. The van der Waals surface area contributed by atoms with Crippen molar-refractivity contribution < 1.29 is 14.3 Å². The fourth-order valence-corrected chi connectivity index (χ4v) is 1.51. The molecule has 0 bridgehead atoms. The largest absolute Gasteiger partial charge is 0.383 e. The molecule has 1 aliphatic rings. The van der Waals surface area contributed by atoms with Crippen molar-refractivity contribution in [2.45, 2.75) is 18.9 Å². The third-order valence-electron chi connectivity index (χ3n) is 2.40. The zero-order chi connectivity index (χ0) is 10.6. The van der Waals surface area contributed by atoms with E-state index in [1.54, 1.807) is 14.2 Å². The monoisotopic (exact) mass is 200 g/mol. The molecule has 1 saturated heterocycles. The summed E-state index contributed by atoms with van der Waals surface area (Å²) in [5.74, 6) is -0.0488. The summed E-state index contributed by atoms with van der Waals surface area (Å²) in [6.45, 7) is 0.990. The van der Waals surface area contributed by atoms with Crippen LogP contribution in [0, 0.1) is 0 Å². The number of hydrogen-bond acceptors (Lipinski definition) is 3. The maximum Gasteiger partial charge on any atom is 0.242 e. The lowest BCUT2D eigenvalue weighted by molar-refractivity contribution is -0.133. The van der Waals surface area contributed by atoms with Crippen molar-refractivity contribution in [3.8, 4) is 0 Å². The molecule has 1 aliphatic heterocycles. The van der Waals surface area contributed by atoms with E-state index >= 15 is 0 Å². The molecule has 2 amide bonds. The van der Waals surface area contributed by atoms with Crippen molar-refractivity contribution in [2.24, 2.45) is 0 Å². The number of carbonyl (C=O) groups is 2. The number of carbonyl (C=O) groups excluding carboxylic acids is 2. The van der Waals surface area contributed by atoms with Crippen LogP contribution in [-0.4, -0.2) is 50.1 Å². The summed E-state index contributed by atoms with van der Waals surface area (Å²) in [4.78, 5) is 24.2. The van der Waals surface area contributed by atoms with Crippen molar-refractivity contribution in [3.05, 3.63) is 0 Å². The molecular formula is C9H16N2O3. The molecule has 1 rings (SSSR count). The molecule has 1 N–H and O–H groups in total. The summed E-state index contributed by atoms with van der Waals surface area (Å²) >= 11 is 0. The van der Waals surface area contributed by atoms with Crippen LogP contribution >= 0.6 is 0 Å². The fraction of sp³-hybridized carbons (Fsp3) is 0.778. The Hall–Kier alpha value is -1.10. The third-order valence-corrected chi connectivity index (χ3v) is 2.40. The first-order chi connectivity index (χ1) is 6.66. The Bertz CT molecular complexity index is 230. The van der Waals surface area contributed by atoms with E-state index in [-0.39, 0.29) is 17.9 Å². The zero-order valence-electron chi connectivity index (χ0n) is 8.58. The molecule has 0 aliphatic carbocycles. The maximum atomic E-state index is 11.5. The Labute approximate surface area is 83.4 Å². The second-order valence-electron chi connectivity index (χ2n) is 3.34. The van der Waals surface area contributed by atoms with Gasteiger partial charge in [-0.25, -0.2) is 0 Å². The highest BCUT2D eigenvalue weighted by molar-refractivity contribution is 5.90. The summed E-state index contributed by atoms with van der Waals surface area (Å²) in [7, 11) is 3.24.